The van der Waals surface area contributed by atoms with Crippen molar-refractivity contribution in [2.24, 2.45) is 0 Å². The zero-order valence-corrected chi connectivity index (χ0v) is 11.9. The van der Waals surface area contributed by atoms with E-state index in [9.17, 15) is 4.39 Å². The van der Waals surface area contributed by atoms with E-state index in [0.29, 0.717) is 0 Å². The first-order chi connectivity index (χ1) is 9.74. The standard InChI is InChI=1S/C17H20FNO/c1-3-7-16(13-8-5-4-6-9-13)19-14-10-11-15(18)17(12-14)20-2/h4-6,8-12,16,19H,3,7H2,1-2H3. The van der Waals surface area contributed by atoms with Crippen molar-refractivity contribution in [1.82, 2.24) is 0 Å². The SMILES string of the molecule is CCCC(Nc1ccc(F)c(OC)c1)c1ccccc1. The largest absolute Gasteiger partial charge is 0.494 e. The van der Waals surface area contributed by atoms with E-state index in [-0.39, 0.29) is 17.6 Å². The minimum atomic E-state index is -0.343. The molecule has 0 aliphatic rings. The van der Waals surface area contributed by atoms with Crippen molar-refractivity contribution in [3.05, 3.63) is 59.9 Å². The van der Waals surface area contributed by atoms with Crippen molar-refractivity contribution in [3.63, 3.8) is 0 Å². The Morgan fingerprint density at radius 1 is 1.15 bits per heavy atom. The van der Waals surface area contributed by atoms with Gasteiger partial charge in [-0.3, -0.25) is 0 Å². The molecule has 3 heteroatoms. The van der Waals surface area contributed by atoms with Crippen LogP contribution in [0.3, 0.4) is 0 Å². The van der Waals surface area contributed by atoms with E-state index in [1.807, 2.05) is 18.2 Å². The number of benzene rings is 2. The molecule has 1 atom stereocenters. The van der Waals surface area contributed by atoms with Gasteiger partial charge in [0.25, 0.3) is 0 Å². The van der Waals surface area contributed by atoms with E-state index < -0.39 is 0 Å². The van der Waals surface area contributed by atoms with Crippen LogP contribution < -0.4 is 10.1 Å². The second kappa shape index (κ2) is 6.94. The minimum absolute atomic E-state index is 0.219. The van der Waals surface area contributed by atoms with Crippen LogP contribution >= 0.6 is 0 Å². The van der Waals surface area contributed by atoms with Gasteiger partial charge in [0.15, 0.2) is 11.6 Å². The fraction of sp³-hybridized carbons (Fsp3) is 0.294. The maximum Gasteiger partial charge on any atom is 0.165 e. The summed E-state index contributed by atoms with van der Waals surface area (Å²) in [5, 5.41) is 3.45. The van der Waals surface area contributed by atoms with Crippen LogP contribution in [0, 0.1) is 5.82 Å². The maximum absolute atomic E-state index is 13.4. The first-order valence-electron chi connectivity index (χ1n) is 6.89. The average molecular weight is 273 g/mol. The molecule has 106 valence electrons. The third-order valence-electron chi connectivity index (χ3n) is 3.27. The molecule has 2 nitrogen and oxygen atoms in total. The van der Waals surface area contributed by atoms with E-state index in [1.165, 1.54) is 18.7 Å². The van der Waals surface area contributed by atoms with Gasteiger partial charge in [-0.05, 0) is 24.1 Å². The van der Waals surface area contributed by atoms with Crippen molar-refractivity contribution in [1.29, 1.82) is 0 Å². The number of rotatable bonds is 6. The highest BCUT2D eigenvalue weighted by molar-refractivity contribution is 5.50. The Morgan fingerprint density at radius 2 is 1.90 bits per heavy atom. The van der Waals surface area contributed by atoms with Gasteiger partial charge in [0.1, 0.15) is 0 Å². The topological polar surface area (TPSA) is 21.3 Å². The van der Waals surface area contributed by atoms with Crippen molar-refractivity contribution in [2.75, 3.05) is 12.4 Å². The van der Waals surface area contributed by atoms with E-state index in [1.54, 1.807) is 12.1 Å². The molecule has 2 aromatic carbocycles. The molecule has 2 rings (SSSR count). The molecule has 0 heterocycles. The lowest BCUT2D eigenvalue weighted by molar-refractivity contribution is 0.386. The fourth-order valence-corrected chi connectivity index (χ4v) is 2.25. The summed E-state index contributed by atoms with van der Waals surface area (Å²) in [6.45, 7) is 2.16. The van der Waals surface area contributed by atoms with Gasteiger partial charge < -0.3 is 10.1 Å². The highest BCUT2D eigenvalue weighted by Crippen LogP contribution is 2.27. The molecule has 0 saturated heterocycles. The first-order valence-corrected chi connectivity index (χ1v) is 6.89. The van der Waals surface area contributed by atoms with Crippen LogP contribution in [0.25, 0.3) is 0 Å². The molecule has 0 amide bonds. The van der Waals surface area contributed by atoms with Crippen molar-refractivity contribution in [3.8, 4) is 5.75 Å². The minimum Gasteiger partial charge on any atom is -0.494 e. The molecular weight excluding hydrogens is 253 g/mol. The second-order valence-electron chi connectivity index (χ2n) is 4.75. The molecule has 0 aliphatic carbocycles. The van der Waals surface area contributed by atoms with Gasteiger partial charge in [-0.2, -0.15) is 0 Å². The fourth-order valence-electron chi connectivity index (χ4n) is 2.25. The second-order valence-corrected chi connectivity index (χ2v) is 4.75. The molecule has 0 aliphatic heterocycles. The van der Waals surface area contributed by atoms with Crippen LogP contribution in [0.4, 0.5) is 10.1 Å². The van der Waals surface area contributed by atoms with E-state index in [4.69, 9.17) is 4.74 Å². The van der Waals surface area contributed by atoms with Crippen molar-refractivity contribution in [2.45, 2.75) is 25.8 Å². The molecule has 0 radical (unpaired) electrons. The predicted octanol–water partition coefficient (Wildman–Crippen LogP) is 4.79. The molecule has 0 aromatic heterocycles. The van der Waals surface area contributed by atoms with Gasteiger partial charge in [-0.25, -0.2) is 4.39 Å². The molecule has 2 aromatic rings. The lowest BCUT2D eigenvalue weighted by atomic mass is 10.0. The number of nitrogens with one attached hydrogen (secondary N) is 1. The number of methoxy groups -OCH3 is 1. The summed E-state index contributed by atoms with van der Waals surface area (Å²) in [5.74, 6) is -0.0805. The van der Waals surface area contributed by atoms with Crippen LogP contribution in [0.2, 0.25) is 0 Å². The number of halogens is 1. The van der Waals surface area contributed by atoms with Crippen molar-refractivity contribution >= 4 is 5.69 Å². The zero-order chi connectivity index (χ0) is 14.4. The number of hydrogen-bond donors (Lipinski definition) is 1. The van der Waals surface area contributed by atoms with Gasteiger partial charge in [0.05, 0.1) is 13.2 Å². The van der Waals surface area contributed by atoms with Gasteiger partial charge >= 0.3 is 0 Å². The van der Waals surface area contributed by atoms with E-state index in [0.717, 1.165) is 18.5 Å². The Balaban J connectivity index is 2.20. The summed E-state index contributed by atoms with van der Waals surface area (Å²) in [6, 6.07) is 15.4. The number of ether oxygens (including phenoxy) is 1. The molecular formula is C17H20FNO. The predicted molar refractivity (Wildman–Crippen MR) is 80.7 cm³/mol. The first kappa shape index (κ1) is 14.4. The van der Waals surface area contributed by atoms with Crippen molar-refractivity contribution < 1.29 is 9.13 Å². The highest BCUT2D eigenvalue weighted by Gasteiger charge is 2.11. The Bertz CT molecular complexity index is 542. The number of hydrogen-bond acceptors (Lipinski definition) is 2. The lowest BCUT2D eigenvalue weighted by Gasteiger charge is -2.20. The smallest absolute Gasteiger partial charge is 0.165 e. The van der Waals surface area contributed by atoms with E-state index in [2.05, 4.69) is 24.4 Å². The lowest BCUT2D eigenvalue weighted by Crippen LogP contribution is -2.10. The van der Waals surface area contributed by atoms with Crippen LogP contribution in [-0.4, -0.2) is 7.11 Å². The molecule has 0 saturated carbocycles. The van der Waals surface area contributed by atoms with Crippen LogP contribution in [0.5, 0.6) is 5.75 Å². The van der Waals surface area contributed by atoms with Crippen LogP contribution in [0.1, 0.15) is 31.4 Å². The van der Waals surface area contributed by atoms with Gasteiger partial charge in [-0.15, -0.1) is 0 Å². The van der Waals surface area contributed by atoms with E-state index >= 15 is 0 Å². The summed E-state index contributed by atoms with van der Waals surface area (Å²) in [6.07, 6.45) is 2.09. The van der Waals surface area contributed by atoms with Gasteiger partial charge in [0.2, 0.25) is 0 Å². The molecule has 0 fully saturated rings. The third-order valence-corrected chi connectivity index (χ3v) is 3.27. The van der Waals surface area contributed by atoms with Crippen LogP contribution in [-0.2, 0) is 0 Å². The molecule has 20 heavy (non-hydrogen) atoms. The quantitative estimate of drug-likeness (QED) is 0.817. The summed E-state index contributed by atoms with van der Waals surface area (Å²) in [4.78, 5) is 0. The Hall–Kier alpha value is -2.03. The third kappa shape index (κ3) is 3.50. The molecule has 1 unspecified atom stereocenters. The summed E-state index contributed by atoms with van der Waals surface area (Å²) < 4.78 is 18.4. The van der Waals surface area contributed by atoms with Gasteiger partial charge in [-0.1, -0.05) is 43.7 Å². The highest BCUT2D eigenvalue weighted by atomic mass is 19.1. The Labute approximate surface area is 119 Å². The molecule has 0 bridgehead atoms. The zero-order valence-electron chi connectivity index (χ0n) is 11.9. The van der Waals surface area contributed by atoms with Crippen LogP contribution in [0.15, 0.2) is 48.5 Å². The Kier molecular flexibility index (Phi) is 4.99. The molecule has 0 spiro atoms. The van der Waals surface area contributed by atoms with Gasteiger partial charge in [0, 0.05) is 11.8 Å². The summed E-state index contributed by atoms with van der Waals surface area (Å²) in [5.41, 5.74) is 2.10. The Morgan fingerprint density at radius 3 is 2.55 bits per heavy atom. The maximum atomic E-state index is 13.4. The monoisotopic (exact) mass is 273 g/mol. The number of anilines is 1. The molecule has 1 N–H and O–H groups in total. The summed E-state index contributed by atoms with van der Waals surface area (Å²) >= 11 is 0. The average Bonchev–Trinajstić information content (AvgIpc) is 2.49. The summed E-state index contributed by atoms with van der Waals surface area (Å²) in [7, 11) is 1.48. The normalized spacial score (nSPS) is 11.9.